The Morgan fingerprint density at radius 3 is 1.11 bits per heavy atom. The molecule has 0 radical (unpaired) electrons. The van der Waals surface area contributed by atoms with Gasteiger partial charge in [-0.25, -0.2) is 0 Å². The average molecular weight is 1010 g/mol. The van der Waals surface area contributed by atoms with Crippen LogP contribution in [0.25, 0.3) is 0 Å². The van der Waals surface area contributed by atoms with Gasteiger partial charge in [0.15, 0.2) is 18.7 Å². The van der Waals surface area contributed by atoms with Crippen molar-refractivity contribution in [3.63, 3.8) is 0 Å². The van der Waals surface area contributed by atoms with Crippen LogP contribution >= 0.6 is 0 Å². The molecule has 0 saturated carbocycles. The van der Waals surface area contributed by atoms with Gasteiger partial charge in [-0.15, -0.1) is 0 Å². The third kappa shape index (κ3) is 30.0. The second kappa shape index (κ2) is 42.8. The lowest BCUT2D eigenvalue weighted by molar-refractivity contribution is -0.332. The van der Waals surface area contributed by atoms with Crippen LogP contribution in [0.3, 0.4) is 0 Å². The molecular weight excluding hydrogens is 901 g/mol. The molecule has 11 atom stereocenters. The summed E-state index contributed by atoms with van der Waals surface area (Å²) in [7, 11) is 0. The standard InChI is InChI=1S/C55H104O15/c1-3-5-7-9-11-13-15-17-19-21-22-24-26-28-30-32-34-36-38-47(58)68-43(40-65-46(57)37-35-33-31-29-27-25-23-20-18-16-14-12-10-8-6-4-2)41-66-54-53(64)51(62)49(60)45(70-54)42-67-55-52(63)50(61)48(59)44(39-56)69-55/h43-45,48-56,59-64H,3-42H2,1-2H3. The van der Waals surface area contributed by atoms with Gasteiger partial charge in [0.05, 0.1) is 19.8 Å². The lowest BCUT2D eigenvalue weighted by Gasteiger charge is -2.42. The maximum absolute atomic E-state index is 13.1. The summed E-state index contributed by atoms with van der Waals surface area (Å²) in [5.74, 6) is -0.905. The van der Waals surface area contributed by atoms with Crippen LogP contribution in [-0.4, -0.2) is 142 Å². The SMILES string of the molecule is CCCCCCCCCCCCCCCCCCCCC(=O)OC(COC(=O)CCCCCCCCCCCCCCCCCC)COC1OC(COC2OC(CO)C(O)C(O)C2O)C(O)C(O)C1O. The summed E-state index contributed by atoms with van der Waals surface area (Å²) in [5.41, 5.74) is 0. The first kappa shape index (κ1) is 64.6. The molecule has 0 bridgehead atoms. The minimum Gasteiger partial charge on any atom is -0.462 e. The molecule has 2 aliphatic rings. The normalized spacial score (nSPS) is 25.3. The number of carbonyl (C=O) groups is 2. The van der Waals surface area contributed by atoms with Crippen molar-refractivity contribution in [2.24, 2.45) is 0 Å². The van der Waals surface area contributed by atoms with Gasteiger partial charge >= 0.3 is 11.9 Å². The number of esters is 2. The van der Waals surface area contributed by atoms with Crippen LogP contribution in [-0.2, 0) is 38.0 Å². The molecule has 2 aliphatic heterocycles. The lowest BCUT2D eigenvalue weighted by Crippen LogP contribution is -2.61. The topological polar surface area (TPSA) is 231 Å². The summed E-state index contributed by atoms with van der Waals surface area (Å²) in [4.78, 5) is 25.9. The second-order valence-electron chi connectivity index (χ2n) is 20.5. The van der Waals surface area contributed by atoms with E-state index in [4.69, 9.17) is 28.4 Å². The highest BCUT2D eigenvalue weighted by molar-refractivity contribution is 5.70. The highest BCUT2D eigenvalue weighted by atomic mass is 16.7. The van der Waals surface area contributed by atoms with Gasteiger partial charge in [0, 0.05) is 12.8 Å². The number of aliphatic hydroxyl groups excluding tert-OH is 7. The summed E-state index contributed by atoms with van der Waals surface area (Å²) in [6.45, 7) is 2.65. The Hall–Kier alpha value is -1.50. The van der Waals surface area contributed by atoms with Gasteiger partial charge in [-0.3, -0.25) is 9.59 Å². The zero-order chi connectivity index (χ0) is 51.0. The largest absolute Gasteiger partial charge is 0.462 e. The van der Waals surface area contributed by atoms with E-state index in [1.165, 1.54) is 167 Å². The lowest BCUT2D eigenvalue weighted by atomic mass is 9.98. The molecule has 2 fully saturated rings. The second-order valence-corrected chi connectivity index (χ2v) is 20.5. The van der Waals surface area contributed by atoms with Crippen molar-refractivity contribution in [3.05, 3.63) is 0 Å². The summed E-state index contributed by atoms with van der Waals surface area (Å²) in [5, 5.41) is 72.2. The quantitative estimate of drug-likeness (QED) is 0.0223. The van der Waals surface area contributed by atoms with Gasteiger partial charge in [-0.1, -0.05) is 219 Å². The summed E-state index contributed by atoms with van der Waals surface area (Å²) < 4.78 is 33.7. The summed E-state index contributed by atoms with van der Waals surface area (Å²) in [6.07, 6.45) is 25.5. The molecule has 2 rings (SSSR count). The summed E-state index contributed by atoms with van der Waals surface area (Å²) in [6, 6.07) is 0. The number of carbonyl (C=O) groups excluding carboxylic acids is 2. The van der Waals surface area contributed by atoms with Crippen LogP contribution in [0.15, 0.2) is 0 Å². The van der Waals surface area contributed by atoms with E-state index in [-0.39, 0.29) is 26.1 Å². The van der Waals surface area contributed by atoms with E-state index >= 15 is 0 Å². The Morgan fingerprint density at radius 1 is 0.400 bits per heavy atom. The molecule has 15 heteroatoms. The monoisotopic (exact) mass is 1000 g/mol. The van der Waals surface area contributed by atoms with E-state index in [1.807, 2.05) is 0 Å². The zero-order valence-corrected chi connectivity index (χ0v) is 44.0. The Balaban J connectivity index is 1.76. The van der Waals surface area contributed by atoms with Crippen molar-refractivity contribution in [1.82, 2.24) is 0 Å². The average Bonchev–Trinajstić information content (AvgIpc) is 3.35. The van der Waals surface area contributed by atoms with E-state index in [2.05, 4.69) is 13.8 Å². The first-order valence-corrected chi connectivity index (χ1v) is 28.6. The molecule has 0 aromatic heterocycles. The number of ether oxygens (including phenoxy) is 6. The molecule has 2 heterocycles. The molecule has 0 spiro atoms. The van der Waals surface area contributed by atoms with Crippen LogP contribution < -0.4 is 0 Å². The Bertz CT molecular complexity index is 1230. The predicted octanol–water partition coefficient (Wildman–Crippen LogP) is 9.17. The van der Waals surface area contributed by atoms with Crippen molar-refractivity contribution < 1.29 is 73.8 Å². The van der Waals surface area contributed by atoms with Crippen molar-refractivity contribution >= 4 is 11.9 Å². The summed E-state index contributed by atoms with van der Waals surface area (Å²) >= 11 is 0. The fourth-order valence-electron chi connectivity index (χ4n) is 9.40. The van der Waals surface area contributed by atoms with Gasteiger partial charge in [-0.05, 0) is 12.8 Å². The number of rotatable bonds is 46. The molecule has 15 nitrogen and oxygen atoms in total. The Labute approximate surface area is 423 Å². The number of hydrogen-bond donors (Lipinski definition) is 7. The van der Waals surface area contributed by atoms with Crippen molar-refractivity contribution in [3.8, 4) is 0 Å². The molecule has 7 N–H and O–H groups in total. The highest BCUT2D eigenvalue weighted by Gasteiger charge is 2.47. The number of unbranched alkanes of at least 4 members (excludes halogenated alkanes) is 32. The van der Waals surface area contributed by atoms with Crippen LogP contribution in [0.2, 0.25) is 0 Å². The first-order valence-electron chi connectivity index (χ1n) is 28.6. The van der Waals surface area contributed by atoms with Crippen LogP contribution in [0.4, 0.5) is 0 Å². The van der Waals surface area contributed by atoms with E-state index in [0.29, 0.717) is 12.8 Å². The highest BCUT2D eigenvalue weighted by Crippen LogP contribution is 2.27. The third-order valence-electron chi connectivity index (χ3n) is 14.1. The van der Waals surface area contributed by atoms with Crippen molar-refractivity contribution in [2.75, 3.05) is 26.4 Å². The molecule has 414 valence electrons. The zero-order valence-electron chi connectivity index (χ0n) is 44.0. The third-order valence-corrected chi connectivity index (χ3v) is 14.1. The molecule has 2 saturated heterocycles. The number of aliphatic hydroxyl groups is 7. The molecule has 0 aliphatic carbocycles. The van der Waals surface area contributed by atoms with Gasteiger partial charge in [0.1, 0.15) is 55.4 Å². The maximum Gasteiger partial charge on any atom is 0.306 e. The Kier molecular flexibility index (Phi) is 39.5. The minimum atomic E-state index is -1.76. The van der Waals surface area contributed by atoms with Gasteiger partial charge < -0.3 is 64.2 Å². The van der Waals surface area contributed by atoms with E-state index in [9.17, 15) is 45.3 Å². The predicted molar refractivity (Wildman–Crippen MR) is 271 cm³/mol. The molecular formula is C55H104O15. The molecule has 0 aromatic rings. The molecule has 70 heavy (non-hydrogen) atoms. The van der Waals surface area contributed by atoms with E-state index in [0.717, 1.165) is 38.5 Å². The van der Waals surface area contributed by atoms with E-state index in [1.54, 1.807) is 0 Å². The van der Waals surface area contributed by atoms with Gasteiger partial charge in [-0.2, -0.15) is 0 Å². The first-order chi connectivity index (χ1) is 34.0. The molecule has 11 unspecified atom stereocenters. The van der Waals surface area contributed by atoms with Gasteiger partial charge in [0.2, 0.25) is 0 Å². The fraction of sp³-hybridized carbons (Fsp3) is 0.964. The minimum absolute atomic E-state index is 0.174. The Morgan fingerprint density at radius 2 is 0.729 bits per heavy atom. The van der Waals surface area contributed by atoms with Crippen LogP contribution in [0, 0.1) is 0 Å². The van der Waals surface area contributed by atoms with Crippen molar-refractivity contribution in [1.29, 1.82) is 0 Å². The fourth-order valence-corrected chi connectivity index (χ4v) is 9.40. The smallest absolute Gasteiger partial charge is 0.306 e. The maximum atomic E-state index is 13.1. The van der Waals surface area contributed by atoms with Crippen LogP contribution in [0.5, 0.6) is 0 Å². The van der Waals surface area contributed by atoms with E-state index < -0.39 is 92.7 Å². The van der Waals surface area contributed by atoms with Crippen molar-refractivity contribution in [2.45, 2.75) is 313 Å². The van der Waals surface area contributed by atoms with Gasteiger partial charge in [0.25, 0.3) is 0 Å². The molecule has 0 amide bonds. The number of hydrogen-bond acceptors (Lipinski definition) is 15. The van der Waals surface area contributed by atoms with Crippen LogP contribution in [0.1, 0.15) is 245 Å². The molecule has 0 aromatic carbocycles.